The number of halogens is 6. The van der Waals surface area contributed by atoms with E-state index in [1.165, 1.54) is 21.2 Å². The summed E-state index contributed by atoms with van der Waals surface area (Å²) in [4.78, 5) is 1.29. The van der Waals surface area contributed by atoms with Crippen molar-refractivity contribution in [3.8, 4) is 5.75 Å². The van der Waals surface area contributed by atoms with E-state index in [-0.39, 0.29) is 10.9 Å². The second-order valence-corrected chi connectivity index (χ2v) is 13.4. The third kappa shape index (κ3) is 8.80. The predicted molar refractivity (Wildman–Crippen MR) is 99.7 cm³/mol. The molecule has 1 atom stereocenters. The Balaban J connectivity index is 0.000000321. The number of hydrogen-bond acceptors (Lipinski definition) is 1. The van der Waals surface area contributed by atoms with Crippen LogP contribution in [0.3, 0.4) is 0 Å². The maximum absolute atomic E-state index is 11.2. The van der Waals surface area contributed by atoms with Gasteiger partial charge in [0, 0.05) is 16.5 Å². The van der Waals surface area contributed by atoms with Crippen molar-refractivity contribution in [1.82, 2.24) is 0 Å². The van der Waals surface area contributed by atoms with Gasteiger partial charge in [0.2, 0.25) is 0 Å². The summed E-state index contributed by atoms with van der Waals surface area (Å²) in [5.74, 6) is 1.36. The van der Waals surface area contributed by atoms with Gasteiger partial charge in [-0.25, -0.2) is 0 Å². The Morgan fingerprint density at radius 2 is 1.30 bits per heavy atom. The Morgan fingerprint density at radius 1 is 0.778 bits per heavy atom. The molecule has 0 aliphatic rings. The molecule has 0 aromatic heterocycles. The van der Waals surface area contributed by atoms with Gasteiger partial charge in [0.1, 0.15) is 17.8 Å². The number of phenols is 1. The molecule has 0 saturated carbocycles. The average molecular weight is 517 g/mol. The molecule has 0 heterocycles. The summed E-state index contributed by atoms with van der Waals surface area (Å²) >= 11 is -11.2. The summed E-state index contributed by atoms with van der Waals surface area (Å²) in [5.41, 5.74) is 1.39. The molecule has 0 aliphatic carbocycles. The van der Waals surface area contributed by atoms with Crippen molar-refractivity contribution in [2.24, 2.45) is 0 Å². The molecule has 3 aromatic carbocycles. The van der Waals surface area contributed by atoms with Crippen molar-refractivity contribution in [3.63, 3.8) is 0 Å². The molecule has 3 aromatic rings. The molecule has 1 unspecified atom stereocenters. The van der Waals surface area contributed by atoms with Crippen molar-refractivity contribution in [1.29, 1.82) is 0 Å². The van der Waals surface area contributed by atoms with Gasteiger partial charge >= 0.3 is 36.4 Å². The zero-order chi connectivity index (χ0) is 20.4. The molecule has 1 N–H and O–H groups in total. The van der Waals surface area contributed by atoms with E-state index < -0.39 is 19.5 Å². The fourth-order valence-electron chi connectivity index (χ4n) is 2.41. The summed E-state index contributed by atoms with van der Waals surface area (Å²) in [5, 5.41) is 12.0. The third-order valence-corrected chi connectivity index (χ3v) is 5.31. The first kappa shape index (κ1) is 21.8. The second kappa shape index (κ2) is 7.13. The van der Waals surface area contributed by atoms with Crippen molar-refractivity contribution < 1.29 is 22.0 Å². The van der Waals surface area contributed by atoms with Crippen LogP contribution in [-0.4, -0.2) is 30.8 Å². The minimum atomic E-state index is -11.2. The summed E-state index contributed by atoms with van der Waals surface area (Å²) in [6.07, 6.45) is 2.26. The van der Waals surface area contributed by atoms with E-state index in [0.29, 0.717) is 5.75 Å². The standard InChI is InChI=1S/C18H16OS.6FH.Sb/c1-20(17-11-9-16(19)10-12-17)13-15-7-4-6-14-5-2-3-8-18(14)15;;;;;;;/h2-12H,13H2,1H3;6*1H;/q;;;;;;;+5/p-5. The van der Waals surface area contributed by atoms with Gasteiger partial charge in [-0.05, 0) is 35.0 Å². The van der Waals surface area contributed by atoms with Crippen LogP contribution in [-0.2, 0) is 16.6 Å². The topological polar surface area (TPSA) is 20.2 Å². The quantitative estimate of drug-likeness (QED) is 0.239. The molecule has 0 fully saturated rings. The van der Waals surface area contributed by atoms with E-state index in [1.807, 2.05) is 12.1 Å². The minimum absolute atomic E-state index is 0.140. The average Bonchev–Trinajstić information content (AvgIpc) is 2.53. The number of benzene rings is 3. The van der Waals surface area contributed by atoms with Gasteiger partial charge in [-0.15, -0.1) is 0 Å². The van der Waals surface area contributed by atoms with Gasteiger partial charge in [-0.3, -0.25) is 0 Å². The maximum atomic E-state index is 9.93. The van der Waals surface area contributed by atoms with Gasteiger partial charge in [0.15, 0.2) is 4.90 Å². The first-order chi connectivity index (χ1) is 12.2. The van der Waals surface area contributed by atoms with E-state index in [9.17, 15) is 22.0 Å². The third-order valence-electron chi connectivity index (χ3n) is 3.49. The van der Waals surface area contributed by atoms with Crippen LogP contribution in [0.15, 0.2) is 71.6 Å². The monoisotopic (exact) mass is 516 g/mol. The summed E-state index contributed by atoms with van der Waals surface area (Å²) in [7, 11) is 0.140. The van der Waals surface area contributed by atoms with Crippen LogP contribution in [0, 0.1) is 0 Å². The van der Waals surface area contributed by atoms with Gasteiger partial charge < -0.3 is 5.11 Å². The summed E-state index contributed by atoms with van der Waals surface area (Å²) in [6, 6.07) is 22.6. The number of aromatic hydroxyl groups is 1. The Morgan fingerprint density at radius 3 is 1.89 bits per heavy atom. The number of hydrogen-bond donors (Lipinski definition) is 1. The van der Waals surface area contributed by atoms with Crippen LogP contribution in [0.4, 0.5) is 16.9 Å². The first-order valence-corrected chi connectivity index (χ1v) is 15.2. The van der Waals surface area contributed by atoms with E-state index in [2.05, 4.69) is 48.7 Å². The van der Waals surface area contributed by atoms with Gasteiger partial charge in [0.25, 0.3) is 0 Å². The van der Waals surface area contributed by atoms with Crippen molar-refractivity contribution in [2.75, 3.05) is 6.26 Å². The predicted octanol–water partition coefficient (Wildman–Crippen LogP) is 6.49. The molecule has 0 radical (unpaired) electrons. The number of phenolic OH excluding ortho intramolecular Hbond substituents is 1. The first-order valence-electron chi connectivity index (χ1n) is 7.64. The molecule has 0 bridgehead atoms. The second-order valence-electron chi connectivity index (χ2n) is 5.87. The van der Waals surface area contributed by atoms with Crippen LogP contribution in [0.5, 0.6) is 5.75 Å². The van der Waals surface area contributed by atoms with Crippen LogP contribution < -0.4 is 0 Å². The van der Waals surface area contributed by atoms with Crippen LogP contribution in [0.2, 0.25) is 0 Å². The molecular formula is C18H17F6OSSb. The molecule has 148 valence electrons. The van der Waals surface area contributed by atoms with Crippen LogP contribution in [0.1, 0.15) is 5.56 Å². The van der Waals surface area contributed by atoms with Gasteiger partial charge in [-0.2, -0.15) is 0 Å². The van der Waals surface area contributed by atoms with Crippen LogP contribution >= 0.6 is 0 Å². The van der Waals surface area contributed by atoms with E-state index in [1.54, 1.807) is 12.1 Å². The van der Waals surface area contributed by atoms with E-state index in [4.69, 9.17) is 0 Å². The van der Waals surface area contributed by atoms with Crippen molar-refractivity contribution >= 4 is 41.1 Å². The molecule has 3 rings (SSSR count). The molecule has 0 amide bonds. The van der Waals surface area contributed by atoms with E-state index in [0.717, 1.165) is 5.75 Å². The summed E-state index contributed by atoms with van der Waals surface area (Å²) in [6.45, 7) is 0. The van der Waals surface area contributed by atoms with Crippen LogP contribution in [0.25, 0.3) is 10.8 Å². The molecule has 9 heteroatoms. The Bertz CT molecular complexity index is 910. The Labute approximate surface area is 157 Å². The van der Waals surface area contributed by atoms with Gasteiger partial charge in [-0.1, -0.05) is 42.5 Å². The SMILES string of the molecule is C[S+](Cc1cccc2ccccc12)c1ccc(O)cc1.[F][Sb-]([F])([F])([F])([F])[F]. The van der Waals surface area contributed by atoms with Crippen molar-refractivity contribution in [3.05, 3.63) is 72.3 Å². The normalized spacial score (nSPS) is 15.2. The molecule has 0 saturated heterocycles. The molecule has 27 heavy (non-hydrogen) atoms. The molecular weight excluding hydrogens is 500 g/mol. The fourth-order valence-corrected chi connectivity index (χ4v) is 3.90. The molecule has 0 spiro atoms. The Hall–Kier alpha value is -1.53. The molecule has 0 aliphatic heterocycles. The number of fused-ring (bicyclic) bond motifs is 1. The molecule has 1 nitrogen and oxygen atoms in total. The number of rotatable bonds is 3. The fraction of sp³-hybridized carbons (Fsp3) is 0.111. The summed E-state index contributed by atoms with van der Waals surface area (Å²) < 4.78 is 59.6. The van der Waals surface area contributed by atoms with Crippen molar-refractivity contribution in [2.45, 2.75) is 10.6 Å². The zero-order valence-corrected chi connectivity index (χ0v) is 17.5. The van der Waals surface area contributed by atoms with E-state index >= 15 is 0 Å². The zero-order valence-electron chi connectivity index (χ0n) is 14.1. The van der Waals surface area contributed by atoms with Gasteiger partial charge in [0.05, 0.1) is 0 Å². The Kier molecular flexibility index (Phi) is 5.75.